The highest BCUT2D eigenvalue weighted by molar-refractivity contribution is 7.89. The highest BCUT2D eigenvalue weighted by Gasteiger charge is 2.38. The first-order valence-corrected chi connectivity index (χ1v) is 8.70. The van der Waals surface area contributed by atoms with Crippen LogP contribution in [0.4, 0.5) is 0 Å². The van der Waals surface area contributed by atoms with Crippen LogP contribution in [0.15, 0.2) is 47.4 Å². The fraction of sp³-hybridized carbons (Fsp3) is 0.312. The predicted molar refractivity (Wildman–Crippen MR) is 84.9 cm³/mol. The molecular formula is C16H18N2O3S. The molecule has 1 atom stereocenters. The van der Waals surface area contributed by atoms with E-state index in [1.807, 2.05) is 24.3 Å². The van der Waals surface area contributed by atoms with Crippen molar-refractivity contribution in [3.05, 3.63) is 42.5 Å². The van der Waals surface area contributed by atoms with Crippen molar-refractivity contribution in [2.45, 2.75) is 23.8 Å². The molecule has 0 aliphatic carbocycles. The first-order valence-electron chi connectivity index (χ1n) is 7.26. The molecule has 116 valence electrons. The molecule has 3 rings (SSSR count). The second-order valence-electron chi connectivity index (χ2n) is 5.40. The van der Waals surface area contributed by atoms with Crippen LogP contribution in [0.1, 0.15) is 12.8 Å². The number of amides is 1. The van der Waals surface area contributed by atoms with Gasteiger partial charge in [-0.1, -0.05) is 30.3 Å². The number of fused-ring (bicyclic) bond motifs is 1. The van der Waals surface area contributed by atoms with Crippen LogP contribution in [0.3, 0.4) is 0 Å². The molecule has 5 nitrogen and oxygen atoms in total. The number of rotatable bonds is 3. The Labute approximate surface area is 130 Å². The first kappa shape index (κ1) is 15.0. The van der Waals surface area contributed by atoms with Crippen LogP contribution in [-0.2, 0) is 14.8 Å². The van der Waals surface area contributed by atoms with E-state index in [9.17, 15) is 13.2 Å². The lowest BCUT2D eigenvalue weighted by Gasteiger charge is -2.22. The van der Waals surface area contributed by atoms with Gasteiger partial charge in [-0.05, 0) is 35.7 Å². The predicted octanol–water partition coefficient (Wildman–Crippen LogP) is 1.74. The van der Waals surface area contributed by atoms with Crippen LogP contribution < -0.4 is 5.32 Å². The molecule has 1 amide bonds. The van der Waals surface area contributed by atoms with Gasteiger partial charge in [0.1, 0.15) is 6.04 Å². The lowest BCUT2D eigenvalue weighted by Crippen LogP contribution is -2.44. The summed E-state index contributed by atoms with van der Waals surface area (Å²) in [6.07, 6.45) is 1.26. The van der Waals surface area contributed by atoms with E-state index >= 15 is 0 Å². The van der Waals surface area contributed by atoms with Crippen LogP contribution in [-0.4, -0.2) is 38.3 Å². The molecule has 0 radical (unpaired) electrons. The number of nitrogens with one attached hydrogen (secondary N) is 1. The normalized spacial score (nSPS) is 19.4. The smallest absolute Gasteiger partial charge is 0.243 e. The van der Waals surface area contributed by atoms with Crippen LogP contribution in [0.5, 0.6) is 0 Å². The summed E-state index contributed by atoms with van der Waals surface area (Å²) in [7, 11) is -2.13. The Morgan fingerprint density at radius 3 is 2.64 bits per heavy atom. The molecule has 0 bridgehead atoms. The van der Waals surface area contributed by atoms with Crippen molar-refractivity contribution in [1.82, 2.24) is 9.62 Å². The fourth-order valence-corrected chi connectivity index (χ4v) is 4.61. The second-order valence-corrected chi connectivity index (χ2v) is 7.29. The van der Waals surface area contributed by atoms with Gasteiger partial charge in [-0.25, -0.2) is 8.42 Å². The molecule has 22 heavy (non-hydrogen) atoms. The number of carbonyl (C=O) groups is 1. The van der Waals surface area contributed by atoms with Crippen LogP contribution in [0.2, 0.25) is 0 Å². The Hall–Kier alpha value is -1.92. The zero-order valence-corrected chi connectivity index (χ0v) is 13.1. The molecule has 0 saturated carbocycles. The first-order chi connectivity index (χ1) is 10.5. The zero-order chi connectivity index (χ0) is 15.7. The maximum atomic E-state index is 12.9. The Balaban J connectivity index is 2.02. The third-order valence-corrected chi connectivity index (χ3v) is 5.98. The molecule has 1 aliphatic rings. The van der Waals surface area contributed by atoms with Gasteiger partial charge in [0, 0.05) is 13.6 Å². The highest BCUT2D eigenvalue weighted by Crippen LogP contribution is 2.28. The van der Waals surface area contributed by atoms with E-state index in [0.29, 0.717) is 19.4 Å². The summed E-state index contributed by atoms with van der Waals surface area (Å²) in [6.45, 7) is 0.382. The van der Waals surface area contributed by atoms with Crippen LogP contribution in [0.25, 0.3) is 10.8 Å². The van der Waals surface area contributed by atoms with Crippen molar-refractivity contribution in [2.75, 3.05) is 13.6 Å². The quantitative estimate of drug-likeness (QED) is 0.937. The monoisotopic (exact) mass is 318 g/mol. The molecule has 1 heterocycles. The Kier molecular flexibility index (Phi) is 3.88. The van der Waals surface area contributed by atoms with Gasteiger partial charge in [0.05, 0.1) is 4.90 Å². The van der Waals surface area contributed by atoms with E-state index in [0.717, 1.165) is 10.8 Å². The number of sulfonamides is 1. The summed E-state index contributed by atoms with van der Waals surface area (Å²) in [5.41, 5.74) is 0. The minimum atomic E-state index is -3.66. The molecule has 6 heteroatoms. The molecule has 1 saturated heterocycles. The second kappa shape index (κ2) is 5.70. The topological polar surface area (TPSA) is 66.5 Å². The van der Waals surface area contributed by atoms with Gasteiger partial charge < -0.3 is 5.32 Å². The van der Waals surface area contributed by atoms with Gasteiger partial charge in [-0.15, -0.1) is 0 Å². The van der Waals surface area contributed by atoms with E-state index in [2.05, 4.69) is 5.32 Å². The minimum absolute atomic E-state index is 0.238. The average Bonchev–Trinajstić information content (AvgIpc) is 3.04. The molecule has 2 aromatic rings. The van der Waals surface area contributed by atoms with Crippen LogP contribution >= 0.6 is 0 Å². The van der Waals surface area contributed by atoms with E-state index < -0.39 is 16.1 Å². The third kappa shape index (κ3) is 2.48. The molecule has 1 aliphatic heterocycles. The number of benzene rings is 2. The maximum absolute atomic E-state index is 12.9. The molecule has 0 aromatic heterocycles. The van der Waals surface area contributed by atoms with Crippen LogP contribution in [0, 0.1) is 0 Å². The SMILES string of the molecule is CNC(=O)[C@@H]1CCCN1S(=O)(=O)c1ccc2ccccc2c1. The van der Waals surface area contributed by atoms with Gasteiger partial charge in [0.2, 0.25) is 15.9 Å². The fourth-order valence-electron chi connectivity index (χ4n) is 2.92. The number of hydrogen-bond donors (Lipinski definition) is 1. The number of carbonyl (C=O) groups excluding carboxylic acids is 1. The maximum Gasteiger partial charge on any atom is 0.243 e. The Morgan fingerprint density at radius 2 is 1.91 bits per heavy atom. The Bertz CT molecular complexity index is 817. The van der Waals surface area contributed by atoms with Gasteiger partial charge >= 0.3 is 0 Å². The summed E-state index contributed by atoms with van der Waals surface area (Å²) in [4.78, 5) is 12.1. The van der Waals surface area contributed by atoms with Crippen molar-refractivity contribution in [3.8, 4) is 0 Å². The van der Waals surface area contributed by atoms with Crippen molar-refractivity contribution in [2.24, 2.45) is 0 Å². The van der Waals surface area contributed by atoms with Gasteiger partial charge in [0.15, 0.2) is 0 Å². The third-order valence-electron chi connectivity index (χ3n) is 4.08. The van der Waals surface area contributed by atoms with Crippen molar-refractivity contribution in [1.29, 1.82) is 0 Å². The number of hydrogen-bond acceptors (Lipinski definition) is 3. The lowest BCUT2D eigenvalue weighted by molar-refractivity contribution is -0.123. The largest absolute Gasteiger partial charge is 0.358 e. The Morgan fingerprint density at radius 1 is 1.18 bits per heavy atom. The molecule has 0 unspecified atom stereocenters. The van der Waals surface area contributed by atoms with Gasteiger partial charge in [-0.3, -0.25) is 4.79 Å². The standard InChI is InChI=1S/C16H18N2O3S/c1-17-16(19)15-7-4-10-18(15)22(20,21)14-9-8-12-5-2-3-6-13(12)11-14/h2-3,5-6,8-9,11,15H,4,7,10H2,1H3,(H,17,19)/t15-/m0/s1. The molecular weight excluding hydrogens is 300 g/mol. The zero-order valence-electron chi connectivity index (χ0n) is 12.3. The summed E-state index contributed by atoms with van der Waals surface area (Å²) < 4.78 is 27.0. The van der Waals surface area contributed by atoms with E-state index in [1.165, 1.54) is 11.4 Å². The number of likely N-dealkylation sites (N-methyl/N-ethyl adjacent to an activating group) is 1. The average molecular weight is 318 g/mol. The number of nitrogens with zero attached hydrogens (tertiary/aromatic N) is 1. The summed E-state index contributed by atoms with van der Waals surface area (Å²) >= 11 is 0. The van der Waals surface area contributed by atoms with Gasteiger partial charge in [-0.2, -0.15) is 4.31 Å². The molecule has 2 aromatic carbocycles. The summed E-state index contributed by atoms with van der Waals surface area (Å²) in [5, 5.41) is 4.41. The lowest BCUT2D eigenvalue weighted by atomic mass is 10.1. The van der Waals surface area contributed by atoms with Crippen molar-refractivity contribution >= 4 is 26.7 Å². The van der Waals surface area contributed by atoms with Crippen molar-refractivity contribution < 1.29 is 13.2 Å². The molecule has 1 N–H and O–H groups in total. The molecule has 1 fully saturated rings. The summed E-state index contributed by atoms with van der Waals surface area (Å²) in [5.74, 6) is -0.248. The van der Waals surface area contributed by atoms with E-state index in [4.69, 9.17) is 0 Å². The van der Waals surface area contributed by atoms with Gasteiger partial charge in [0.25, 0.3) is 0 Å². The van der Waals surface area contributed by atoms with E-state index in [1.54, 1.807) is 18.2 Å². The highest BCUT2D eigenvalue weighted by atomic mass is 32.2. The van der Waals surface area contributed by atoms with E-state index in [-0.39, 0.29) is 10.8 Å². The molecule has 0 spiro atoms. The van der Waals surface area contributed by atoms with Crippen molar-refractivity contribution in [3.63, 3.8) is 0 Å². The minimum Gasteiger partial charge on any atom is -0.358 e. The summed E-state index contributed by atoms with van der Waals surface area (Å²) in [6, 6.07) is 12.1.